The van der Waals surface area contributed by atoms with Crippen LogP contribution < -0.4 is 14.9 Å². The topological polar surface area (TPSA) is 113 Å². The summed E-state index contributed by atoms with van der Waals surface area (Å²) in [6.07, 6.45) is 11.2. The number of sulfonamides is 1. The molecule has 0 saturated heterocycles. The number of hydrogen-bond donors (Lipinski definition) is 2. The Hall–Kier alpha value is -3.24. The number of amides is 1. The molecule has 1 fully saturated rings. The predicted molar refractivity (Wildman–Crippen MR) is 169 cm³/mol. The maximum Gasteiger partial charge on any atom is 0.251 e. The van der Waals surface area contributed by atoms with E-state index >= 15 is 0 Å². The maximum atomic E-state index is 13.9. The molecule has 9 nitrogen and oxygen atoms in total. The first-order valence-corrected chi connectivity index (χ1v) is 16.9. The van der Waals surface area contributed by atoms with E-state index in [0.29, 0.717) is 43.2 Å². The molecule has 2 aromatic carbocycles. The van der Waals surface area contributed by atoms with E-state index in [0.717, 1.165) is 34.9 Å². The Labute approximate surface area is 249 Å². The van der Waals surface area contributed by atoms with Crippen molar-refractivity contribution in [2.24, 2.45) is 5.18 Å². The van der Waals surface area contributed by atoms with E-state index in [-0.39, 0.29) is 11.7 Å². The highest BCUT2D eigenvalue weighted by Crippen LogP contribution is 2.37. The van der Waals surface area contributed by atoms with Gasteiger partial charge in [0.05, 0.1) is 23.0 Å². The number of carbonyl (C=O) groups is 1. The summed E-state index contributed by atoms with van der Waals surface area (Å²) in [5.41, 5.74) is 3.66. The molecule has 1 saturated carbocycles. The Bertz CT molecular complexity index is 1500. The molecule has 2 heterocycles. The highest BCUT2D eigenvalue weighted by Gasteiger charge is 2.30. The molecule has 42 heavy (non-hydrogen) atoms. The van der Waals surface area contributed by atoms with Crippen LogP contribution in [0.2, 0.25) is 0 Å². The van der Waals surface area contributed by atoms with Gasteiger partial charge in [-0.1, -0.05) is 67.6 Å². The first kappa shape index (κ1) is 30.2. The van der Waals surface area contributed by atoms with Gasteiger partial charge in [0.2, 0.25) is 10.0 Å². The van der Waals surface area contributed by atoms with Crippen molar-refractivity contribution in [3.05, 3.63) is 70.3 Å². The van der Waals surface area contributed by atoms with E-state index in [2.05, 4.69) is 20.4 Å². The minimum Gasteiger partial charge on any atom is -0.347 e. The van der Waals surface area contributed by atoms with Crippen LogP contribution in [-0.4, -0.2) is 56.4 Å². The fourth-order valence-electron chi connectivity index (χ4n) is 6.45. The van der Waals surface area contributed by atoms with E-state index in [9.17, 15) is 18.1 Å². The Balaban J connectivity index is 1.44. The molecule has 226 valence electrons. The summed E-state index contributed by atoms with van der Waals surface area (Å²) in [7, 11) is -1.97. The number of nitrogens with zero attached hydrogens (tertiary/aromatic N) is 3. The second-order valence-electron chi connectivity index (χ2n) is 11.8. The number of aromatic nitrogens is 1. The van der Waals surface area contributed by atoms with Gasteiger partial charge in [-0.15, -0.1) is 0 Å². The number of hydrogen-bond acceptors (Lipinski definition) is 6. The van der Waals surface area contributed by atoms with Crippen molar-refractivity contribution in [3.63, 3.8) is 0 Å². The molecule has 1 aromatic heterocycles. The van der Waals surface area contributed by atoms with Crippen LogP contribution in [0.3, 0.4) is 0 Å². The molecule has 2 N–H and O–H groups in total. The van der Waals surface area contributed by atoms with Crippen LogP contribution in [0.4, 0.5) is 5.69 Å². The van der Waals surface area contributed by atoms with Crippen molar-refractivity contribution >= 4 is 32.5 Å². The van der Waals surface area contributed by atoms with Gasteiger partial charge in [0.1, 0.15) is 6.04 Å². The summed E-state index contributed by atoms with van der Waals surface area (Å²) >= 11 is 0. The van der Waals surface area contributed by atoms with Gasteiger partial charge in [-0.2, -0.15) is 4.91 Å². The molecule has 0 radical (unpaired) electrons. The first-order valence-electron chi connectivity index (χ1n) is 15.3. The minimum absolute atomic E-state index is 0.0162. The molecule has 3 aromatic rings. The van der Waals surface area contributed by atoms with E-state index in [4.69, 9.17) is 0 Å². The van der Waals surface area contributed by atoms with Gasteiger partial charge >= 0.3 is 0 Å². The standard InChI is InChI=1S/C32H43N5O4S/c1-3-37-22-24-16-17-42(40,41)36(2)29-19-25(20-30(37)31(24)29)32(38)34-27(18-23-12-8-7-9-13-23)28(35-39)21-33-26-14-10-5-4-6-11-15-26/h7-9,12-13,19-20,22,26-28,33H,3-6,10-11,14-18,21H2,1-2H3,(H,34,38)/t27-,28+/m0/s1. The van der Waals surface area contributed by atoms with Gasteiger partial charge in [0.25, 0.3) is 5.91 Å². The average Bonchev–Trinajstić information content (AvgIpc) is 3.30. The summed E-state index contributed by atoms with van der Waals surface area (Å²) < 4.78 is 29.3. The molecule has 1 aliphatic carbocycles. The summed E-state index contributed by atoms with van der Waals surface area (Å²) in [6, 6.07) is 12.4. The van der Waals surface area contributed by atoms with E-state index in [1.165, 1.54) is 36.4 Å². The summed E-state index contributed by atoms with van der Waals surface area (Å²) in [6.45, 7) is 3.11. The molecule has 10 heteroatoms. The van der Waals surface area contributed by atoms with Crippen molar-refractivity contribution < 1.29 is 13.2 Å². The van der Waals surface area contributed by atoms with Crippen molar-refractivity contribution in [3.8, 4) is 0 Å². The molecule has 1 amide bonds. The van der Waals surface area contributed by atoms with Gasteiger partial charge in [-0.05, 0) is 55.9 Å². The molecule has 2 atom stereocenters. The Kier molecular flexibility index (Phi) is 9.63. The van der Waals surface area contributed by atoms with Crippen molar-refractivity contribution in [2.45, 2.75) is 89.4 Å². The number of nitrogens with one attached hydrogen (secondary N) is 2. The lowest BCUT2D eigenvalue weighted by molar-refractivity contribution is 0.0930. The van der Waals surface area contributed by atoms with Crippen LogP contribution >= 0.6 is 0 Å². The third-order valence-corrected chi connectivity index (χ3v) is 10.7. The number of anilines is 1. The Morgan fingerprint density at radius 1 is 1.07 bits per heavy atom. The lowest BCUT2D eigenvalue weighted by atomic mass is 9.95. The number of rotatable bonds is 10. The van der Waals surface area contributed by atoms with Crippen LogP contribution in [-0.2, 0) is 29.4 Å². The number of carbonyl (C=O) groups excluding carboxylic acids is 1. The zero-order valence-corrected chi connectivity index (χ0v) is 25.5. The molecule has 2 aliphatic rings. The van der Waals surface area contributed by atoms with Gasteiger partial charge < -0.3 is 15.2 Å². The second-order valence-corrected chi connectivity index (χ2v) is 13.9. The van der Waals surface area contributed by atoms with Gasteiger partial charge in [0, 0.05) is 43.3 Å². The summed E-state index contributed by atoms with van der Waals surface area (Å²) in [4.78, 5) is 26.1. The van der Waals surface area contributed by atoms with Crippen LogP contribution in [0.5, 0.6) is 0 Å². The minimum atomic E-state index is -3.52. The largest absolute Gasteiger partial charge is 0.347 e. The first-order chi connectivity index (χ1) is 20.3. The molecule has 1 aliphatic heterocycles. The summed E-state index contributed by atoms with van der Waals surface area (Å²) in [5, 5.41) is 11.1. The molecular weight excluding hydrogens is 550 g/mol. The summed E-state index contributed by atoms with van der Waals surface area (Å²) in [5.74, 6) is -0.336. The number of nitroso groups, excluding NO2 is 1. The SMILES string of the molecule is CCn1cc2c3c(cc(C(=O)N[C@@H](Cc4ccccc4)[C@@H](CNC4CCCCCCC4)N=O)cc31)N(C)S(=O)(=O)CC2. The van der Waals surface area contributed by atoms with Gasteiger partial charge in [-0.3, -0.25) is 9.10 Å². The zero-order chi connectivity index (χ0) is 29.7. The normalized spacial score (nSPS) is 19.0. The average molecular weight is 594 g/mol. The van der Waals surface area contributed by atoms with E-state index in [1.807, 2.05) is 49.5 Å². The zero-order valence-electron chi connectivity index (χ0n) is 24.7. The molecule has 0 unspecified atom stereocenters. The van der Waals surface area contributed by atoms with Crippen molar-refractivity contribution in [1.82, 2.24) is 15.2 Å². The molecule has 5 rings (SSSR count). The smallest absolute Gasteiger partial charge is 0.251 e. The van der Waals surface area contributed by atoms with Crippen molar-refractivity contribution in [2.75, 3.05) is 23.7 Å². The Morgan fingerprint density at radius 3 is 2.48 bits per heavy atom. The highest BCUT2D eigenvalue weighted by atomic mass is 32.2. The third-order valence-electron chi connectivity index (χ3n) is 8.96. The van der Waals surface area contributed by atoms with Crippen LogP contribution in [0.15, 0.2) is 53.8 Å². The van der Waals surface area contributed by atoms with Gasteiger partial charge in [0.15, 0.2) is 0 Å². The van der Waals surface area contributed by atoms with Gasteiger partial charge in [-0.25, -0.2) is 8.42 Å². The monoisotopic (exact) mass is 593 g/mol. The van der Waals surface area contributed by atoms with E-state index in [1.54, 1.807) is 13.1 Å². The molecule has 0 spiro atoms. The van der Waals surface area contributed by atoms with E-state index < -0.39 is 22.1 Å². The van der Waals surface area contributed by atoms with Crippen LogP contribution in [0, 0.1) is 4.91 Å². The lowest BCUT2D eigenvalue weighted by Crippen LogP contribution is -2.49. The lowest BCUT2D eigenvalue weighted by Gasteiger charge is -2.27. The predicted octanol–water partition coefficient (Wildman–Crippen LogP) is 5.16. The molecular formula is C32H43N5O4S. The quantitative estimate of drug-likeness (QED) is 0.315. The molecule has 0 bridgehead atoms. The fourth-order valence-corrected chi connectivity index (χ4v) is 7.64. The maximum absolute atomic E-state index is 13.9. The number of benzene rings is 2. The van der Waals surface area contributed by atoms with Crippen LogP contribution in [0.25, 0.3) is 10.9 Å². The fraction of sp³-hybridized carbons (Fsp3) is 0.531. The Morgan fingerprint density at radius 2 is 1.79 bits per heavy atom. The van der Waals surface area contributed by atoms with Crippen molar-refractivity contribution in [1.29, 1.82) is 0 Å². The second kappa shape index (κ2) is 13.4. The number of aryl methyl sites for hydroxylation is 2. The van der Waals surface area contributed by atoms with Crippen LogP contribution in [0.1, 0.15) is 73.4 Å². The third kappa shape index (κ3) is 6.70. The highest BCUT2D eigenvalue weighted by molar-refractivity contribution is 7.92.